The van der Waals surface area contributed by atoms with Crippen molar-refractivity contribution in [3.05, 3.63) is 53.0 Å². The van der Waals surface area contributed by atoms with Crippen molar-refractivity contribution in [1.82, 2.24) is 14.9 Å². The average molecular weight is 443 g/mol. The minimum absolute atomic E-state index is 0.131. The first-order valence-corrected chi connectivity index (χ1v) is 12.8. The van der Waals surface area contributed by atoms with Gasteiger partial charge in [0.15, 0.2) is 0 Å². The molecule has 7 heteroatoms. The van der Waals surface area contributed by atoms with Crippen LogP contribution in [-0.2, 0) is 0 Å². The van der Waals surface area contributed by atoms with E-state index in [0.29, 0.717) is 10.5 Å². The maximum Gasteiger partial charge on any atom is 0.253 e. The molecule has 30 heavy (non-hydrogen) atoms. The molecule has 1 aromatic carbocycles. The fourth-order valence-corrected chi connectivity index (χ4v) is 6.67. The Bertz CT molecular complexity index is 873. The van der Waals surface area contributed by atoms with Crippen LogP contribution in [0, 0.1) is 6.92 Å². The average Bonchev–Trinajstić information content (AvgIpc) is 2.79. The summed E-state index contributed by atoms with van der Waals surface area (Å²) in [6, 6.07) is 10.3. The summed E-state index contributed by atoms with van der Waals surface area (Å²) in [7, 11) is 0. The number of piperazine rings is 1. The number of benzene rings is 1. The lowest BCUT2D eigenvalue weighted by Gasteiger charge is -2.35. The van der Waals surface area contributed by atoms with Crippen molar-refractivity contribution in [1.29, 1.82) is 0 Å². The highest BCUT2D eigenvalue weighted by molar-refractivity contribution is 8.16. The molecule has 0 atom stereocenters. The van der Waals surface area contributed by atoms with Crippen LogP contribution < -0.4 is 4.90 Å². The second-order valence-electron chi connectivity index (χ2n) is 8.21. The molecule has 0 aliphatic carbocycles. The lowest BCUT2D eigenvalue weighted by molar-refractivity contribution is 0.0746. The lowest BCUT2D eigenvalue weighted by Crippen LogP contribution is -2.49. The first kappa shape index (κ1) is 21.5. The maximum absolute atomic E-state index is 13.0. The minimum Gasteiger partial charge on any atom is -0.353 e. The van der Waals surface area contributed by atoms with Crippen molar-refractivity contribution in [2.75, 3.05) is 42.6 Å². The van der Waals surface area contributed by atoms with E-state index < -0.39 is 0 Å². The van der Waals surface area contributed by atoms with Crippen LogP contribution in [0.15, 0.2) is 30.3 Å². The Morgan fingerprint density at radius 2 is 1.70 bits per heavy atom. The first-order valence-electron chi connectivity index (χ1n) is 10.7. The molecule has 2 saturated heterocycles. The number of carbonyl (C=O) groups is 1. The van der Waals surface area contributed by atoms with Crippen LogP contribution >= 0.6 is 23.5 Å². The molecule has 0 radical (unpaired) electrons. The number of aryl methyl sites for hydroxylation is 1. The van der Waals surface area contributed by atoms with Crippen LogP contribution in [0.5, 0.6) is 0 Å². The van der Waals surface area contributed by atoms with E-state index in [9.17, 15) is 4.79 Å². The number of hydrogen-bond acceptors (Lipinski definition) is 6. The van der Waals surface area contributed by atoms with Crippen molar-refractivity contribution in [3.8, 4) is 0 Å². The standard InChI is InChI=1S/C23H30N4OS2/c1-16(2)21-24-17(3)15-20(25-21)26-9-11-27(12-10-26)22(28)18-5-7-19(8-6-18)23-29-13-4-14-30-23/h5-8,15-16,23H,4,9-14H2,1-3H3. The van der Waals surface area contributed by atoms with Gasteiger partial charge < -0.3 is 9.80 Å². The fourth-order valence-electron chi connectivity index (χ4n) is 3.78. The van der Waals surface area contributed by atoms with Crippen LogP contribution in [0.1, 0.15) is 58.2 Å². The van der Waals surface area contributed by atoms with Crippen LogP contribution in [0.4, 0.5) is 5.82 Å². The van der Waals surface area contributed by atoms with Gasteiger partial charge in [-0.15, -0.1) is 23.5 Å². The maximum atomic E-state index is 13.0. The number of hydrogen-bond donors (Lipinski definition) is 0. The summed E-state index contributed by atoms with van der Waals surface area (Å²) in [5.41, 5.74) is 3.11. The predicted octanol–water partition coefficient (Wildman–Crippen LogP) is 4.74. The van der Waals surface area contributed by atoms with Crippen LogP contribution in [-0.4, -0.2) is 58.5 Å². The van der Waals surface area contributed by atoms with Gasteiger partial charge in [0, 0.05) is 49.4 Å². The number of anilines is 1. The number of amides is 1. The second kappa shape index (κ2) is 9.60. The number of carbonyl (C=O) groups excluding carboxylic acids is 1. The zero-order chi connectivity index (χ0) is 21.1. The van der Waals surface area contributed by atoms with Gasteiger partial charge in [-0.2, -0.15) is 0 Å². The normalized spacial score (nSPS) is 18.1. The Balaban J connectivity index is 1.37. The van der Waals surface area contributed by atoms with Crippen molar-refractivity contribution in [3.63, 3.8) is 0 Å². The summed E-state index contributed by atoms with van der Waals surface area (Å²) in [6.45, 7) is 9.28. The molecule has 4 rings (SSSR count). The molecule has 0 spiro atoms. The zero-order valence-electron chi connectivity index (χ0n) is 18.0. The van der Waals surface area contributed by atoms with Gasteiger partial charge in [-0.25, -0.2) is 9.97 Å². The van der Waals surface area contributed by atoms with Gasteiger partial charge in [-0.1, -0.05) is 26.0 Å². The van der Waals surface area contributed by atoms with Crippen molar-refractivity contribution < 1.29 is 4.79 Å². The molecule has 1 aromatic heterocycles. The zero-order valence-corrected chi connectivity index (χ0v) is 19.6. The lowest BCUT2D eigenvalue weighted by atomic mass is 10.1. The van der Waals surface area contributed by atoms with Crippen molar-refractivity contribution in [2.45, 2.75) is 37.7 Å². The summed E-state index contributed by atoms with van der Waals surface area (Å²) in [6.07, 6.45) is 1.29. The summed E-state index contributed by atoms with van der Waals surface area (Å²) < 4.78 is 0.512. The third-order valence-corrected chi connectivity index (χ3v) is 8.54. The monoisotopic (exact) mass is 442 g/mol. The van der Waals surface area contributed by atoms with Crippen LogP contribution in [0.2, 0.25) is 0 Å². The molecular weight excluding hydrogens is 412 g/mol. The molecule has 2 fully saturated rings. The van der Waals surface area contributed by atoms with Gasteiger partial charge in [0.05, 0.1) is 4.58 Å². The van der Waals surface area contributed by atoms with Crippen LogP contribution in [0.25, 0.3) is 0 Å². The van der Waals surface area contributed by atoms with Gasteiger partial charge in [0.25, 0.3) is 5.91 Å². The summed E-state index contributed by atoms with van der Waals surface area (Å²) in [5, 5.41) is 0. The van der Waals surface area contributed by atoms with Gasteiger partial charge in [0.1, 0.15) is 11.6 Å². The Kier molecular flexibility index (Phi) is 6.88. The summed E-state index contributed by atoms with van der Waals surface area (Å²) >= 11 is 4.02. The largest absolute Gasteiger partial charge is 0.353 e. The predicted molar refractivity (Wildman–Crippen MR) is 128 cm³/mol. The summed E-state index contributed by atoms with van der Waals surface area (Å²) in [5.74, 6) is 4.76. The highest BCUT2D eigenvalue weighted by Gasteiger charge is 2.24. The Labute approximate surface area is 188 Å². The molecule has 0 saturated carbocycles. The van der Waals surface area contributed by atoms with E-state index >= 15 is 0 Å². The van der Waals surface area contributed by atoms with Gasteiger partial charge in [-0.3, -0.25) is 4.79 Å². The summed E-state index contributed by atoms with van der Waals surface area (Å²) in [4.78, 5) is 26.5. The molecular formula is C23H30N4OS2. The Hall–Kier alpha value is -1.73. The second-order valence-corrected chi connectivity index (χ2v) is 10.9. The highest BCUT2D eigenvalue weighted by Crippen LogP contribution is 2.43. The van der Waals surface area contributed by atoms with E-state index in [1.807, 2.05) is 53.5 Å². The van der Waals surface area contributed by atoms with Crippen molar-refractivity contribution >= 4 is 35.2 Å². The van der Waals surface area contributed by atoms with Gasteiger partial charge >= 0.3 is 0 Å². The third-order valence-electron chi connectivity index (χ3n) is 5.52. The molecule has 5 nitrogen and oxygen atoms in total. The Morgan fingerprint density at radius 3 is 2.33 bits per heavy atom. The van der Waals surface area contributed by atoms with Crippen LogP contribution in [0.3, 0.4) is 0 Å². The van der Waals surface area contributed by atoms with E-state index in [1.165, 1.54) is 23.5 Å². The number of nitrogens with zero attached hydrogens (tertiary/aromatic N) is 4. The SMILES string of the molecule is Cc1cc(N2CCN(C(=O)c3ccc(C4SCCCS4)cc3)CC2)nc(C(C)C)n1. The molecule has 1 amide bonds. The van der Waals surface area contributed by atoms with Gasteiger partial charge in [0.2, 0.25) is 0 Å². The first-order chi connectivity index (χ1) is 14.5. The number of thioether (sulfide) groups is 2. The number of aromatic nitrogens is 2. The molecule has 0 N–H and O–H groups in total. The van der Waals surface area contributed by atoms with E-state index in [2.05, 4.69) is 35.9 Å². The molecule has 2 aromatic rings. The molecule has 2 aliphatic rings. The number of rotatable bonds is 4. The van der Waals surface area contributed by atoms with Crippen molar-refractivity contribution in [2.24, 2.45) is 0 Å². The third kappa shape index (κ3) is 4.94. The molecule has 2 aliphatic heterocycles. The van der Waals surface area contributed by atoms with E-state index in [1.54, 1.807) is 0 Å². The van der Waals surface area contributed by atoms with E-state index in [4.69, 9.17) is 4.98 Å². The topological polar surface area (TPSA) is 49.3 Å². The van der Waals surface area contributed by atoms with E-state index in [-0.39, 0.29) is 5.91 Å². The minimum atomic E-state index is 0.131. The molecule has 0 bridgehead atoms. The van der Waals surface area contributed by atoms with E-state index in [0.717, 1.165) is 49.1 Å². The molecule has 160 valence electrons. The highest BCUT2D eigenvalue weighted by atomic mass is 32.2. The Morgan fingerprint density at radius 1 is 1.03 bits per heavy atom. The smallest absolute Gasteiger partial charge is 0.253 e. The van der Waals surface area contributed by atoms with Gasteiger partial charge in [-0.05, 0) is 42.5 Å². The fraction of sp³-hybridized carbons (Fsp3) is 0.522. The quantitative estimate of drug-likeness (QED) is 0.682. The molecule has 3 heterocycles. The molecule has 0 unspecified atom stereocenters.